The highest BCUT2D eigenvalue weighted by Gasteiger charge is 2.37. The Kier molecular flexibility index (Phi) is 6.68. The van der Waals surface area contributed by atoms with E-state index in [-0.39, 0.29) is 36.4 Å². The predicted octanol–water partition coefficient (Wildman–Crippen LogP) is 1.37. The van der Waals surface area contributed by atoms with Crippen LogP contribution < -0.4 is 0 Å². The minimum Gasteiger partial charge on any atom is -0.481 e. The fourth-order valence-corrected chi connectivity index (χ4v) is 4.09. The zero-order valence-corrected chi connectivity index (χ0v) is 14.3. The van der Waals surface area contributed by atoms with Crippen molar-refractivity contribution in [1.29, 1.82) is 0 Å². The van der Waals surface area contributed by atoms with Gasteiger partial charge in [0.15, 0.2) is 0 Å². The van der Waals surface area contributed by atoms with Crippen LogP contribution in [0.1, 0.15) is 38.5 Å². The van der Waals surface area contributed by atoms with Gasteiger partial charge >= 0.3 is 5.97 Å². The molecule has 1 amide bonds. The van der Waals surface area contributed by atoms with Gasteiger partial charge in [0.2, 0.25) is 5.91 Å². The Bertz CT molecular complexity index is 432. The quantitative estimate of drug-likeness (QED) is 0.836. The highest BCUT2D eigenvalue weighted by atomic mass is 35.5. The molecule has 2 heterocycles. The molecular formula is C16H27ClN2O4. The van der Waals surface area contributed by atoms with Crippen LogP contribution in [0.3, 0.4) is 0 Å². The summed E-state index contributed by atoms with van der Waals surface area (Å²) in [4.78, 5) is 27.8. The van der Waals surface area contributed by atoms with E-state index in [1.165, 1.54) is 12.8 Å². The van der Waals surface area contributed by atoms with Gasteiger partial charge in [-0.3, -0.25) is 14.5 Å². The molecule has 1 N–H and O–H groups in total. The van der Waals surface area contributed by atoms with Gasteiger partial charge in [-0.2, -0.15) is 0 Å². The molecule has 3 atom stereocenters. The van der Waals surface area contributed by atoms with E-state index in [2.05, 4.69) is 0 Å². The lowest BCUT2D eigenvalue weighted by Crippen LogP contribution is -2.57. The maximum absolute atomic E-state index is 12.7. The number of fused-ring (bicyclic) bond motifs is 1. The molecule has 6 nitrogen and oxygen atoms in total. The van der Waals surface area contributed by atoms with Crippen molar-refractivity contribution >= 4 is 24.3 Å². The molecule has 3 unspecified atom stereocenters. The normalized spacial score (nSPS) is 31.8. The van der Waals surface area contributed by atoms with Crippen LogP contribution in [-0.2, 0) is 14.3 Å². The number of aliphatic carboxylic acids is 1. The average molecular weight is 347 g/mol. The van der Waals surface area contributed by atoms with E-state index < -0.39 is 5.97 Å². The molecule has 0 bridgehead atoms. The van der Waals surface area contributed by atoms with Crippen LogP contribution in [0, 0.1) is 5.92 Å². The first-order valence-corrected chi connectivity index (χ1v) is 8.51. The van der Waals surface area contributed by atoms with Crippen molar-refractivity contribution in [2.45, 2.75) is 50.7 Å². The van der Waals surface area contributed by atoms with Gasteiger partial charge in [-0.15, -0.1) is 12.4 Å². The first-order chi connectivity index (χ1) is 10.6. The molecule has 0 aromatic rings. The number of hydrogen-bond acceptors (Lipinski definition) is 4. The summed E-state index contributed by atoms with van der Waals surface area (Å²) in [5, 5.41) is 9.15. The first-order valence-electron chi connectivity index (χ1n) is 8.51. The van der Waals surface area contributed by atoms with E-state index in [1.807, 2.05) is 9.80 Å². The van der Waals surface area contributed by atoms with E-state index in [1.54, 1.807) is 0 Å². The summed E-state index contributed by atoms with van der Waals surface area (Å²) < 4.78 is 5.82. The minimum atomic E-state index is -0.740. The first kappa shape index (κ1) is 18.5. The number of amides is 1. The zero-order valence-electron chi connectivity index (χ0n) is 13.5. The van der Waals surface area contributed by atoms with Gasteiger partial charge in [-0.1, -0.05) is 12.8 Å². The summed E-state index contributed by atoms with van der Waals surface area (Å²) in [6, 6.07) is 0.232. The number of nitrogens with zero attached hydrogens (tertiary/aromatic N) is 2. The average Bonchev–Trinajstić information content (AvgIpc) is 2.54. The zero-order chi connectivity index (χ0) is 15.5. The number of carboxylic acids is 1. The van der Waals surface area contributed by atoms with E-state index in [0.717, 1.165) is 32.2 Å². The third-order valence-electron chi connectivity index (χ3n) is 5.27. The molecule has 3 aliphatic rings. The largest absolute Gasteiger partial charge is 0.481 e. The lowest BCUT2D eigenvalue weighted by Gasteiger charge is -2.44. The molecule has 2 saturated heterocycles. The number of carbonyl (C=O) groups is 2. The molecule has 23 heavy (non-hydrogen) atoms. The van der Waals surface area contributed by atoms with Crippen LogP contribution >= 0.6 is 12.4 Å². The molecule has 0 aromatic carbocycles. The maximum atomic E-state index is 12.7. The van der Waals surface area contributed by atoms with Crippen molar-refractivity contribution < 1.29 is 19.4 Å². The van der Waals surface area contributed by atoms with E-state index in [4.69, 9.17) is 9.84 Å². The Morgan fingerprint density at radius 2 is 1.87 bits per heavy atom. The van der Waals surface area contributed by atoms with Crippen LogP contribution in [-0.4, -0.2) is 71.7 Å². The van der Waals surface area contributed by atoms with Crippen molar-refractivity contribution in [2.75, 3.05) is 32.8 Å². The summed E-state index contributed by atoms with van der Waals surface area (Å²) in [6.07, 6.45) is 6.24. The van der Waals surface area contributed by atoms with Crippen LogP contribution in [0.2, 0.25) is 0 Å². The summed E-state index contributed by atoms with van der Waals surface area (Å²) >= 11 is 0. The third kappa shape index (κ3) is 4.37. The number of morpholine rings is 1. The molecule has 0 spiro atoms. The van der Waals surface area contributed by atoms with Crippen molar-refractivity contribution in [3.8, 4) is 0 Å². The van der Waals surface area contributed by atoms with Gasteiger partial charge in [0.1, 0.15) is 0 Å². The van der Waals surface area contributed by atoms with E-state index in [9.17, 15) is 9.59 Å². The SMILES string of the molecule is Cl.O=C(O)C1CCCN(CC(=O)N2CCOC3CCCCC32)C1. The Morgan fingerprint density at radius 3 is 2.65 bits per heavy atom. The Hall–Kier alpha value is -0.850. The van der Waals surface area contributed by atoms with E-state index >= 15 is 0 Å². The number of carbonyl (C=O) groups excluding carboxylic acids is 1. The maximum Gasteiger partial charge on any atom is 0.307 e. The smallest absolute Gasteiger partial charge is 0.307 e. The summed E-state index contributed by atoms with van der Waals surface area (Å²) in [5.41, 5.74) is 0. The molecule has 2 aliphatic heterocycles. The second-order valence-corrected chi connectivity index (χ2v) is 6.76. The predicted molar refractivity (Wildman–Crippen MR) is 87.8 cm³/mol. The highest BCUT2D eigenvalue weighted by Crippen LogP contribution is 2.28. The second-order valence-electron chi connectivity index (χ2n) is 6.76. The standard InChI is InChI=1S/C16H26N2O4.ClH/c19-15(11-17-7-3-4-12(10-17)16(20)21)18-8-9-22-14-6-2-1-5-13(14)18;/h12-14H,1-11H2,(H,20,21);1H. The van der Waals surface area contributed by atoms with Crippen molar-refractivity contribution in [2.24, 2.45) is 5.92 Å². The molecule has 1 aliphatic carbocycles. The highest BCUT2D eigenvalue weighted by molar-refractivity contribution is 5.85. The summed E-state index contributed by atoms with van der Waals surface area (Å²) in [7, 11) is 0. The fraction of sp³-hybridized carbons (Fsp3) is 0.875. The van der Waals surface area contributed by atoms with Crippen LogP contribution in [0.4, 0.5) is 0 Å². The van der Waals surface area contributed by atoms with Gasteiger partial charge in [0, 0.05) is 13.1 Å². The number of piperidine rings is 1. The van der Waals surface area contributed by atoms with Crippen LogP contribution in [0.15, 0.2) is 0 Å². The Labute approximate surface area is 143 Å². The van der Waals surface area contributed by atoms with Gasteiger partial charge in [0.25, 0.3) is 0 Å². The van der Waals surface area contributed by atoms with Crippen LogP contribution in [0.25, 0.3) is 0 Å². The van der Waals surface area contributed by atoms with Gasteiger partial charge < -0.3 is 14.7 Å². The van der Waals surface area contributed by atoms with Crippen molar-refractivity contribution in [1.82, 2.24) is 9.80 Å². The lowest BCUT2D eigenvalue weighted by atomic mass is 9.90. The van der Waals surface area contributed by atoms with Gasteiger partial charge in [-0.25, -0.2) is 0 Å². The van der Waals surface area contributed by atoms with Gasteiger partial charge in [0.05, 0.1) is 31.2 Å². The summed E-state index contributed by atoms with van der Waals surface area (Å²) in [6.45, 7) is 2.99. The third-order valence-corrected chi connectivity index (χ3v) is 5.27. The fourth-order valence-electron chi connectivity index (χ4n) is 4.09. The number of ether oxygens (including phenoxy) is 1. The van der Waals surface area contributed by atoms with Crippen molar-refractivity contribution in [3.63, 3.8) is 0 Å². The summed E-state index contributed by atoms with van der Waals surface area (Å²) in [5.74, 6) is -0.921. The number of hydrogen-bond donors (Lipinski definition) is 1. The number of likely N-dealkylation sites (tertiary alicyclic amines) is 1. The monoisotopic (exact) mass is 346 g/mol. The van der Waals surface area contributed by atoms with Gasteiger partial charge in [-0.05, 0) is 32.2 Å². The topological polar surface area (TPSA) is 70.1 Å². The molecule has 132 valence electrons. The molecule has 1 saturated carbocycles. The molecule has 3 fully saturated rings. The molecule has 0 aromatic heterocycles. The molecular weight excluding hydrogens is 320 g/mol. The van der Waals surface area contributed by atoms with Crippen LogP contribution in [0.5, 0.6) is 0 Å². The number of rotatable bonds is 3. The lowest BCUT2D eigenvalue weighted by molar-refractivity contribution is -0.152. The minimum absolute atomic E-state index is 0. The Balaban J connectivity index is 0.00000192. The second kappa shape index (κ2) is 8.31. The molecule has 0 radical (unpaired) electrons. The van der Waals surface area contributed by atoms with Crippen molar-refractivity contribution in [3.05, 3.63) is 0 Å². The van der Waals surface area contributed by atoms with E-state index in [0.29, 0.717) is 26.2 Å². The number of carboxylic acid groups (broad SMARTS) is 1. The molecule has 3 rings (SSSR count). The molecule has 7 heteroatoms. The number of halogens is 1. The Morgan fingerprint density at radius 1 is 1.09 bits per heavy atom.